The van der Waals surface area contributed by atoms with Crippen molar-refractivity contribution in [2.45, 2.75) is 56.2 Å². The number of carboxylic acid groups (broad SMARTS) is 2. The number of piperidine rings is 1. The fourth-order valence-corrected chi connectivity index (χ4v) is 4.35. The minimum Gasteiger partial charge on any atom is -0.475 e. The van der Waals surface area contributed by atoms with Gasteiger partial charge in [-0.05, 0) is 43.7 Å². The van der Waals surface area contributed by atoms with E-state index < -0.39 is 24.3 Å². The van der Waals surface area contributed by atoms with Crippen molar-refractivity contribution in [2.24, 2.45) is 5.92 Å². The van der Waals surface area contributed by atoms with E-state index in [1.807, 2.05) is 24.4 Å². The van der Waals surface area contributed by atoms with Gasteiger partial charge in [0.25, 0.3) is 0 Å². The molecule has 3 aliphatic rings. The first-order valence-corrected chi connectivity index (χ1v) is 11.5. The van der Waals surface area contributed by atoms with Crippen LogP contribution in [-0.4, -0.2) is 95.5 Å². The van der Waals surface area contributed by atoms with Gasteiger partial charge in [-0.2, -0.15) is 26.3 Å². The lowest BCUT2D eigenvalue weighted by Gasteiger charge is -2.49. The van der Waals surface area contributed by atoms with Gasteiger partial charge >= 0.3 is 24.3 Å². The van der Waals surface area contributed by atoms with Gasteiger partial charge in [-0.15, -0.1) is 0 Å². The van der Waals surface area contributed by atoms with E-state index in [2.05, 4.69) is 15.2 Å². The first kappa shape index (κ1) is 30.6. The largest absolute Gasteiger partial charge is 0.490 e. The van der Waals surface area contributed by atoms with Gasteiger partial charge in [0, 0.05) is 45.1 Å². The molecule has 0 radical (unpaired) electrons. The Bertz CT molecular complexity index is 828. The number of likely N-dealkylation sites (tertiary alicyclic amines) is 1. The third-order valence-corrected chi connectivity index (χ3v) is 5.98. The standard InChI is InChI=1S/C18H27N3O2.2C2HF3O2/c1-2-8-19-17(5-1)20-16-13-21(15-6-10-22-11-7-15)12-14-4-3-9-23-18(14)16;2*3-2(4,5)1(6)7/h1-2,5,8,14-16,18H,3-4,6-7,9-13H2,(H,19,20);2*(H,6,7)/t14-,16+,18-;;/m0../s1. The minimum atomic E-state index is -5.08. The zero-order chi connectivity index (χ0) is 27.6. The smallest absolute Gasteiger partial charge is 0.475 e. The number of hydrogen-bond acceptors (Lipinski definition) is 7. The van der Waals surface area contributed by atoms with E-state index >= 15 is 0 Å². The summed E-state index contributed by atoms with van der Waals surface area (Å²) in [7, 11) is 0. The van der Waals surface area contributed by atoms with Crippen LogP contribution in [-0.2, 0) is 19.1 Å². The van der Waals surface area contributed by atoms with Crippen molar-refractivity contribution in [3.63, 3.8) is 0 Å². The van der Waals surface area contributed by atoms with Gasteiger partial charge in [0.1, 0.15) is 5.82 Å². The molecule has 15 heteroatoms. The van der Waals surface area contributed by atoms with E-state index in [1.165, 1.54) is 19.4 Å². The highest BCUT2D eigenvalue weighted by atomic mass is 19.4. The van der Waals surface area contributed by atoms with E-state index in [-0.39, 0.29) is 0 Å². The second-order valence-electron chi connectivity index (χ2n) is 8.61. The van der Waals surface area contributed by atoms with Crippen molar-refractivity contribution in [1.29, 1.82) is 0 Å². The van der Waals surface area contributed by atoms with Crippen LogP contribution < -0.4 is 5.32 Å². The second-order valence-corrected chi connectivity index (χ2v) is 8.61. The van der Waals surface area contributed by atoms with Crippen LogP contribution in [0.1, 0.15) is 25.7 Å². The summed E-state index contributed by atoms with van der Waals surface area (Å²) >= 11 is 0. The van der Waals surface area contributed by atoms with Gasteiger partial charge < -0.3 is 25.0 Å². The number of pyridine rings is 1. The molecule has 3 fully saturated rings. The normalized spacial score (nSPS) is 24.9. The average Bonchev–Trinajstić information content (AvgIpc) is 2.85. The number of ether oxygens (including phenoxy) is 2. The first-order chi connectivity index (χ1) is 17.3. The minimum absolute atomic E-state index is 0.321. The molecule has 1 aromatic rings. The van der Waals surface area contributed by atoms with Crippen LogP contribution in [0.3, 0.4) is 0 Å². The molecule has 4 rings (SSSR count). The molecule has 3 N–H and O–H groups in total. The molecule has 0 amide bonds. The van der Waals surface area contributed by atoms with Crippen LogP contribution in [0.5, 0.6) is 0 Å². The zero-order valence-corrected chi connectivity index (χ0v) is 19.7. The first-order valence-electron chi connectivity index (χ1n) is 11.5. The average molecular weight is 545 g/mol. The topological polar surface area (TPSA) is 121 Å². The van der Waals surface area contributed by atoms with E-state index in [0.717, 1.165) is 45.0 Å². The van der Waals surface area contributed by atoms with Gasteiger partial charge in [-0.1, -0.05) is 6.07 Å². The lowest BCUT2D eigenvalue weighted by Crippen LogP contribution is -2.60. The number of anilines is 1. The van der Waals surface area contributed by atoms with Crippen molar-refractivity contribution in [3.8, 4) is 0 Å². The predicted molar refractivity (Wildman–Crippen MR) is 117 cm³/mol. The monoisotopic (exact) mass is 545 g/mol. The number of halogens is 6. The predicted octanol–water partition coefficient (Wildman–Crippen LogP) is 3.42. The number of rotatable bonds is 3. The highest BCUT2D eigenvalue weighted by molar-refractivity contribution is 5.73. The Balaban J connectivity index is 0.000000286. The molecule has 3 aliphatic heterocycles. The van der Waals surface area contributed by atoms with E-state index in [0.29, 0.717) is 24.1 Å². The molecular weight excluding hydrogens is 516 g/mol. The highest BCUT2D eigenvalue weighted by Crippen LogP contribution is 2.32. The maximum atomic E-state index is 10.6. The quantitative estimate of drug-likeness (QED) is 0.491. The summed E-state index contributed by atoms with van der Waals surface area (Å²) in [6.07, 6.45) is -3.20. The van der Waals surface area contributed by atoms with Gasteiger partial charge in [0.15, 0.2) is 0 Å². The van der Waals surface area contributed by atoms with Crippen LogP contribution in [0, 0.1) is 5.92 Å². The Morgan fingerprint density at radius 3 is 2.05 bits per heavy atom. The summed E-state index contributed by atoms with van der Waals surface area (Å²) in [4.78, 5) is 24.9. The molecule has 37 heavy (non-hydrogen) atoms. The molecule has 0 aliphatic carbocycles. The molecule has 4 heterocycles. The molecule has 0 saturated carbocycles. The van der Waals surface area contributed by atoms with Crippen LogP contribution in [0.4, 0.5) is 32.2 Å². The Labute approximate surface area is 208 Å². The van der Waals surface area contributed by atoms with E-state index in [1.54, 1.807) is 0 Å². The van der Waals surface area contributed by atoms with E-state index in [4.69, 9.17) is 29.3 Å². The maximum Gasteiger partial charge on any atom is 0.490 e. The lowest BCUT2D eigenvalue weighted by molar-refractivity contribution is -0.193. The highest BCUT2D eigenvalue weighted by Gasteiger charge is 2.41. The van der Waals surface area contributed by atoms with Crippen molar-refractivity contribution >= 4 is 17.8 Å². The van der Waals surface area contributed by atoms with Crippen LogP contribution in [0.25, 0.3) is 0 Å². The molecule has 0 bridgehead atoms. The molecule has 0 unspecified atom stereocenters. The molecular formula is C22H29F6N3O6. The summed E-state index contributed by atoms with van der Waals surface area (Å²) in [5.41, 5.74) is 0. The van der Waals surface area contributed by atoms with Crippen LogP contribution in [0.15, 0.2) is 24.4 Å². The SMILES string of the molecule is O=C(O)C(F)(F)F.O=C(O)C(F)(F)F.c1ccc(N[C@@H]2CN(C3CCOCC3)C[C@@H]3CCCO[C@@H]32)nc1. The van der Waals surface area contributed by atoms with Crippen molar-refractivity contribution < 1.29 is 55.6 Å². The summed E-state index contributed by atoms with van der Waals surface area (Å²) in [5, 5.41) is 17.9. The number of aromatic nitrogens is 1. The third-order valence-electron chi connectivity index (χ3n) is 5.98. The fourth-order valence-electron chi connectivity index (χ4n) is 4.35. The number of hydrogen-bond donors (Lipinski definition) is 3. The lowest BCUT2D eigenvalue weighted by atomic mass is 9.84. The number of carbonyl (C=O) groups is 2. The maximum absolute atomic E-state index is 10.6. The van der Waals surface area contributed by atoms with E-state index in [9.17, 15) is 26.3 Å². The Morgan fingerprint density at radius 2 is 1.54 bits per heavy atom. The number of aliphatic carboxylic acids is 2. The Morgan fingerprint density at radius 1 is 0.946 bits per heavy atom. The molecule has 9 nitrogen and oxygen atoms in total. The Hall–Kier alpha value is -2.65. The number of carboxylic acids is 2. The molecule has 0 aromatic carbocycles. The summed E-state index contributed by atoms with van der Waals surface area (Å²) in [5.74, 6) is -3.92. The zero-order valence-electron chi connectivity index (χ0n) is 19.7. The van der Waals surface area contributed by atoms with Gasteiger partial charge in [-0.3, -0.25) is 4.90 Å². The number of alkyl halides is 6. The number of nitrogens with zero attached hydrogens (tertiary/aromatic N) is 2. The van der Waals surface area contributed by atoms with Gasteiger partial charge in [-0.25, -0.2) is 14.6 Å². The van der Waals surface area contributed by atoms with Crippen molar-refractivity contribution in [2.75, 3.05) is 38.2 Å². The molecule has 1 aromatic heterocycles. The molecule has 210 valence electrons. The fraction of sp³-hybridized carbons (Fsp3) is 0.682. The van der Waals surface area contributed by atoms with Crippen LogP contribution in [0.2, 0.25) is 0 Å². The van der Waals surface area contributed by atoms with Crippen molar-refractivity contribution in [1.82, 2.24) is 9.88 Å². The second kappa shape index (κ2) is 13.8. The van der Waals surface area contributed by atoms with Crippen molar-refractivity contribution in [3.05, 3.63) is 24.4 Å². The number of nitrogens with one attached hydrogen (secondary N) is 1. The third kappa shape index (κ3) is 10.3. The van der Waals surface area contributed by atoms with Crippen LogP contribution >= 0.6 is 0 Å². The molecule has 3 saturated heterocycles. The summed E-state index contributed by atoms with van der Waals surface area (Å²) in [6.45, 7) is 4.94. The summed E-state index contributed by atoms with van der Waals surface area (Å²) in [6, 6.07) is 7.03. The van der Waals surface area contributed by atoms with Gasteiger partial charge in [0.05, 0.1) is 12.1 Å². The van der Waals surface area contributed by atoms with Gasteiger partial charge in [0.2, 0.25) is 0 Å². The molecule has 0 spiro atoms. The Kier molecular flexibility index (Phi) is 11.4. The molecule has 3 atom stereocenters. The summed E-state index contributed by atoms with van der Waals surface area (Å²) < 4.78 is 75.2. The number of fused-ring (bicyclic) bond motifs is 1.